The van der Waals surface area contributed by atoms with Crippen molar-refractivity contribution in [3.8, 4) is 17.0 Å². The Morgan fingerprint density at radius 2 is 2.26 bits per heavy atom. The smallest absolute Gasteiger partial charge is 0.212 e. The van der Waals surface area contributed by atoms with Crippen molar-refractivity contribution in [3.63, 3.8) is 0 Å². The van der Waals surface area contributed by atoms with Crippen molar-refractivity contribution in [2.24, 2.45) is 0 Å². The molecule has 0 aliphatic rings. The average molecular weight is 277 g/mol. The number of aromatic nitrogens is 3. The van der Waals surface area contributed by atoms with E-state index in [0.29, 0.717) is 17.0 Å². The molecule has 0 aliphatic carbocycles. The largest absolute Gasteiger partial charge is 0.496 e. The van der Waals surface area contributed by atoms with E-state index in [0.717, 1.165) is 16.4 Å². The molecular formula is C13H12FN3OS. The molecule has 4 nitrogen and oxygen atoms in total. The highest BCUT2D eigenvalue weighted by Crippen LogP contribution is 2.32. The van der Waals surface area contributed by atoms with Crippen LogP contribution in [0.2, 0.25) is 0 Å². The van der Waals surface area contributed by atoms with Crippen LogP contribution in [0.15, 0.2) is 24.4 Å². The molecule has 19 heavy (non-hydrogen) atoms. The topological polar surface area (TPSA) is 39.4 Å². The summed E-state index contributed by atoms with van der Waals surface area (Å²) in [4.78, 5) is 5.18. The van der Waals surface area contributed by atoms with Crippen LogP contribution in [0.4, 0.5) is 4.39 Å². The third-order valence-corrected chi connectivity index (χ3v) is 3.91. The highest BCUT2D eigenvalue weighted by molar-refractivity contribution is 7.16. The minimum Gasteiger partial charge on any atom is -0.496 e. The standard InChI is InChI=1S/C13H12FN3OS/c1-3-11-16-17-7-9(15-13(17)19-11)12-8(14)5-4-6-10(12)18-2/h4-7H,3H2,1-2H3. The number of hydrogen-bond acceptors (Lipinski definition) is 4. The van der Waals surface area contributed by atoms with Crippen LogP contribution in [0.5, 0.6) is 5.75 Å². The fraction of sp³-hybridized carbons (Fsp3) is 0.231. The van der Waals surface area contributed by atoms with Gasteiger partial charge in [-0.3, -0.25) is 0 Å². The van der Waals surface area contributed by atoms with Gasteiger partial charge in [-0.05, 0) is 18.6 Å². The zero-order valence-corrected chi connectivity index (χ0v) is 11.4. The van der Waals surface area contributed by atoms with E-state index in [1.807, 2.05) is 6.92 Å². The fourth-order valence-corrected chi connectivity index (χ4v) is 2.74. The number of hydrogen-bond donors (Lipinski definition) is 0. The maximum absolute atomic E-state index is 14.0. The molecule has 3 aromatic rings. The molecule has 0 amide bonds. The Kier molecular flexibility index (Phi) is 2.94. The molecule has 0 radical (unpaired) electrons. The van der Waals surface area contributed by atoms with Gasteiger partial charge in [0.15, 0.2) is 0 Å². The van der Waals surface area contributed by atoms with Gasteiger partial charge in [-0.2, -0.15) is 5.10 Å². The lowest BCUT2D eigenvalue weighted by molar-refractivity contribution is 0.413. The van der Waals surface area contributed by atoms with Crippen molar-refractivity contribution < 1.29 is 9.13 Å². The van der Waals surface area contributed by atoms with E-state index in [9.17, 15) is 4.39 Å². The number of rotatable bonds is 3. The predicted octanol–water partition coefficient (Wildman–Crippen LogP) is 3.17. The number of imidazole rings is 1. The first kappa shape index (κ1) is 12.1. The van der Waals surface area contributed by atoms with Gasteiger partial charge in [0.05, 0.1) is 24.6 Å². The number of nitrogens with zero attached hydrogens (tertiary/aromatic N) is 3. The van der Waals surface area contributed by atoms with Crippen LogP contribution in [-0.4, -0.2) is 21.7 Å². The maximum atomic E-state index is 14.0. The number of fused-ring (bicyclic) bond motifs is 1. The van der Waals surface area contributed by atoms with E-state index in [-0.39, 0.29) is 5.82 Å². The molecule has 3 rings (SSSR count). The molecule has 0 fully saturated rings. The summed E-state index contributed by atoms with van der Waals surface area (Å²) in [5.74, 6) is 0.127. The Bertz CT molecular complexity index is 703. The van der Waals surface area contributed by atoms with Gasteiger partial charge in [-0.25, -0.2) is 13.9 Å². The lowest BCUT2D eigenvalue weighted by atomic mass is 10.1. The SMILES string of the molecule is CCc1nn2cc(-c3c(F)cccc3OC)nc2s1. The second-order valence-electron chi connectivity index (χ2n) is 4.02. The molecule has 0 saturated heterocycles. The Morgan fingerprint density at radius 1 is 1.42 bits per heavy atom. The van der Waals surface area contributed by atoms with Gasteiger partial charge in [0, 0.05) is 0 Å². The molecule has 0 bridgehead atoms. The third kappa shape index (κ3) is 1.98. The fourth-order valence-electron chi connectivity index (χ4n) is 1.93. The number of ether oxygens (including phenoxy) is 1. The molecular weight excluding hydrogens is 265 g/mol. The average Bonchev–Trinajstić information content (AvgIpc) is 2.95. The quantitative estimate of drug-likeness (QED) is 0.738. The van der Waals surface area contributed by atoms with Crippen LogP contribution in [-0.2, 0) is 6.42 Å². The van der Waals surface area contributed by atoms with Gasteiger partial charge >= 0.3 is 0 Å². The van der Waals surface area contributed by atoms with Gasteiger partial charge < -0.3 is 4.74 Å². The Labute approximate surface area is 113 Å². The van der Waals surface area contributed by atoms with Gasteiger partial charge in [0.25, 0.3) is 0 Å². The number of benzene rings is 1. The van der Waals surface area contributed by atoms with Gasteiger partial charge in [0.2, 0.25) is 4.96 Å². The van der Waals surface area contributed by atoms with Crippen molar-refractivity contribution >= 4 is 16.3 Å². The van der Waals surface area contributed by atoms with Crippen molar-refractivity contribution in [2.75, 3.05) is 7.11 Å². The van der Waals surface area contributed by atoms with Crippen molar-refractivity contribution in [1.82, 2.24) is 14.6 Å². The summed E-state index contributed by atoms with van der Waals surface area (Å²) in [6.07, 6.45) is 2.60. The van der Waals surface area contributed by atoms with E-state index < -0.39 is 0 Å². The molecule has 0 N–H and O–H groups in total. The molecule has 2 aromatic heterocycles. The van der Waals surface area contributed by atoms with E-state index in [1.165, 1.54) is 24.5 Å². The lowest BCUT2D eigenvalue weighted by Crippen LogP contribution is -1.91. The van der Waals surface area contributed by atoms with E-state index >= 15 is 0 Å². The van der Waals surface area contributed by atoms with Crippen LogP contribution in [0.1, 0.15) is 11.9 Å². The number of methoxy groups -OCH3 is 1. The number of halogens is 1. The van der Waals surface area contributed by atoms with Crippen molar-refractivity contribution in [1.29, 1.82) is 0 Å². The summed E-state index contributed by atoms with van der Waals surface area (Å²) in [5.41, 5.74) is 0.914. The Balaban J connectivity index is 2.16. The molecule has 0 aliphatic heterocycles. The number of aryl methyl sites for hydroxylation is 1. The second kappa shape index (κ2) is 4.62. The summed E-state index contributed by atoms with van der Waals surface area (Å²) in [6.45, 7) is 2.04. The second-order valence-corrected chi connectivity index (χ2v) is 5.06. The molecule has 2 heterocycles. The first-order valence-electron chi connectivity index (χ1n) is 5.91. The predicted molar refractivity (Wildman–Crippen MR) is 72.2 cm³/mol. The van der Waals surface area contributed by atoms with E-state index in [1.54, 1.807) is 22.8 Å². The molecule has 0 unspecified atom stereocenters. The highest BCUT2D eigenvalue weighted by atomic mass is 32.1. The summed E-state index contributed by atoms with van der Waals surface area (Å²) in [6, 6.07) is 4.73. The van der Waals surface area contributed by atoms with Crippen molar-refractivity contribution in [2.45, 2.75) is 13.3 Å². The van der Waals surface area contributed by atoms with Crippen LogP contribution in [0.25, 0.3) is 16.2 Å². The van der Waals surface area contributed by atoms with Crippen molar-refractivity contribution in [3.05, 3.63) is 35.2 Å². The maximum Gasteiger partial charge on any atom is 0.212 e. The molecule has 98 valence electrons. The molecule has 1 aromatic carbocycles. The van der Waals surface area contributed by atoms with Crippen LogP contribution < -0.4 is 4.74 Å². The molecule has 0 spiro atoms. The van der Waals surface area contributed by atoms with Gasteiger partial charge in [0.1, 0.15) is 16.6 Å². The first-order valence-corrected chi connectivity index (χ1v) is 6.72. The minimum atomic E-state index is -0.346. The Morgan fingerprint density at radius 3 is 2.95 bits per heavy atom. The van der Waals surface area contributed by atoms with E-state index in [2.05, 4.69) is 10.1 Å². The van der Waals surface area contributed by atoms with Crippen LogP contribution in [0.3, 0.4) is 0 Å². The first-order chi connectivity index (χ1) is 9.22. The zero-order valence-electron chi connectivity index (χ0n) is 10.6. The monoisotopic (exact) mass is 277 g/mol. The third-order valence-electron chi connectivity index (χ3n) is 2.84. The summed E-state index contributed by atoms with van der Waals surface area (Å²) < 4.78 is 20.8. The van der Waals surface area contributed by atoms with E-state index in [4.69, 9.17) is 4.74 Å². The summed E-state index contributed by atoms with van der Waals surface area (Å²) >= 11 is 1.51. The normalized spacial score (nSPS) is 11.1. The highest BCUT2D eigenvalue weighted by Gasteiger charge is 2.16. The molecule has 0 atom stereocenters. The van der Waals surface area contributed by atoms with Gasteiger partial charge in [-0.1, -0.05) is 24.3 Å². The summed E-state index contributed by atoms with van der Waals surface area (Å²) in [5, 5.41) is 5.38. The van der Waals surface area contributed by atoms with Crippen LogP contribution >= 0.6 is 11.3 Å². The molecule has 0 saturated carbocycles. The zero-order chi connectivity index (χ0) is 13.4. The van der Waals surface area contributed by atoms with Gasteiger partial charge in [-0.15, -0.1) is 0 Å². The summed E-state index contributed by atoms with van der Waals surface area (Å²) in [7, 11) is 1.52. The lowest BCUT2D eigenvalue weighted by Gasteiger charge is -2.06. The van der Waals surface area contributed by atoms with Crippen LogP contribution in [0, 0.1) is 5.82 Å². The Hall–Kier alpha value is -1.95. The molecule has 6 heteroatoms. The minimum absolute atomic E-state index is 0.346.